The number of carbonyl (C=O) groups excluding carboxylic acids is 1. The first kappa shape index (κ1) is 14.5. The molecule has 1 heterocycles. The third kappa shape index (κ3) is 3.80. The number of hydrogen-bond donors (Lipinski definition) is 0. The van der Waals surface area contributed by atoms with Gasteiger partial charge < -0.3 is 4.90 Å². The van der Waals surface area contributed by atoms with Crippen LogP contribution in [0, 0.1) is 5.92 Å². The minimum atomic E-state index is 0.162. The van der Waals surface area contributed by atoms with Gasteiger partial charge in [-0.3, -0.25) is 4.79 Å². The van der Waals surface area contributed by atoms with Gasteiger partial charge in [-0.1, -0.05) is 12.8 Å². The fourth-order valence-corrected chi connectivity index (χ4v) is 4.68. The molecule has 0 radical (unpaired) electrons. The molecule has 1 amide bonds. The summed E-state index contributed by atoms with van der Waals surface area (Å²) in [6.45, 7) is 0. The third-order valence-corrected chi connectivity index (χ3v) is 5.90. The molecule has 1 saturated carbocycles. The van der Waals surface area contributed by atoms with E-state index in [0.29, 0.717) is 11.8 Å². The zero-order chi connectivity index (χ0) is 13.0. The van der Waals surface area contributed by atoms with E-state index in [1.54, 1.807) is 0 Å². The van der Waals surface area contributed by atoms with Crippen LogP contribution in [0.4, 0.5) is 0 Å². The SMILES string of the molecule is CN(C(=O)CC1CCSCC1)C1CCCCC1Cl. The van der Waals surface area contributed by atoms with Crippen molar-refractivity contribution in [3.8, 4) is 0 Å². The van der Waals surface area contributed by atoms with Crippen LogP contribution in [0.3, 0.4) is 0 Å². The monoisotopic (exact) mass is 289 g/mol. The first-order chi connectivity index (χ1) is 8.68. The van der Waals surface area contributed by atoms with Gasteiger partial charge in [-0.2, -0.15) is 11.8 Å². The van der Waals surface area contributed by atoms with Crippen molar-refractivity contribution < 1.29 is 4.79 Å². The normalized spacial score (nSPS) is 30.1. The summed E-state index contributed by atoms with van der Waals surface area (Å²) < 4.78 is 0. The largest absolute Gasteiger partial charge is 0.341 e. The lowest BCUT2D eigenvalue weighted by atomic mass is 9.92. The molecule has 2 unspecified atom stereocenters. The average molecular weight is 290 g/mol. The molecule has 0 N–H and O–H groups in total. The number of carbonyl (C=O) groups is 1. The van der Waals surface area contributed by atoms with Crippen LogP contribution in [0.25, 0.3) is 0 Å². The Morgan fingerprint density at radius 2 is 1.89 bits per heavy atom. The van der Waals surface area contributed by atoms with Crippen LogP contribution >= 0.6 is 23.4 Å². The Balaban J connectivity index is 1.83. The number of rotatable bonds is 3. The summed E-state index contributed by atoms with van der Waals surface area (Å²) in [7, 11) is 1.95. The van der Waals surface area contributed by atoms with Crippen molar-refractivity contribution in [1.82, 2.24) is 4.90 Å². The summed E-state index contributed by atoms with van der Waals surface area (Å²) in [4.78, 5) is 14.3. The van der Waals surface area contributed by atoms with Gasteiger partial charge in [0.2, 0.25) is 5.91 Å². The molecule has 0 aromatic rings. The molecular formula is C14H24ClNOS. The van der Waals surface area contributed by atoms with Crippen molar-refractivity contribution in [2.75, 3.05) is 18.6 Å². The molecular weight excluding hydrogens is 266 g/mol. The smallest absolute Gasteiger partial charge is 0.222 e. The van der Waals surface area contributed by atoms with E-state index in [0.717, 1.165) is 19.3 Å². The molecule has 104 valence electrons. The predicted octanol–water partition coefficient (Wildman–Crippen LogP) is 3.53. The van der Waals surface area contributed by atoms with Gasteiger partial charge in [0.05, 0.1) is 5.38 Å². The van der Waals surface area contributed by atoms with Gasteiger partial charge in [0.25, 0.3) is 0 Å². The molecule has 4 heteroatoms. The topological polar surface area (TPSA) is 20.3 Å². The Morgan fingerprint density at radius 3 is 2.56 bits per heavy atom. The van der Waals surface area contributed by atoms with Gasteiger partial charge in [0, 0.05) is 19.5 Å². The lowest BCUT2D eigenvalue weighted by molar-refractivity contribution is -0.133. The lowest BCUT2D eigenvalue weighted by Gasteiger charge is -2.36. The average Bonchev–Trinajstić information content (AvgIpc) is 2.39. The van der Waals surface area contributed by atoms with Crippen LogP contribution in [-0.4, -0.2) is 40.8 Å². The first-order valence-corrected chi connectivity index (χ1v) is 8.75. The maximum atomic E-state index is 12.3. The van der Waals surface area contributed by atoms with Crippen molar-refractivity contribution in [2.24, 2.45) is 5.92 Å². The summed E-state index contributed by atoms with van der Waals surface area (Å²) in [5.41, 5.74) is 0. The second-order valence-corrected chi connectivity index (χ2v) is 7.42. The van der Waals surface area contributed by atoms with Gasteiger partial charge in [0.1, 0.15) is 0 Å². The molecule has 18 heavy (non-hydrogen) atoms. The summed E-state index contributed by atoms with van der Waals surface area (Å²) in [5, 5.41) is 0.162. The molecule has 2 rings (SSSR count). The Bertz CT molecular complexity index is 281. The molecule has 2 fully saturated rings. The highest BCUT2D eigenvalue weighted by Crippen LogP contribution is 2.29. The number of hydrogen-bond acceptors (Lipinski definition) is 2. The number of alkyl halides is 1. The van der Waals surface area contributed by atoms with Crippen LogP contribution in [-0.2, 0) is 4.79 Å². The van der Waals surface area contributed by atoms with Gasteiger partial charge in [-0.05, 0) is 43.1 Å². The van der Waals surface area contributed by atoms with E-state index in [-0.39, 0.29) is 11.4 Å². The van der Waals surface area contributed by atoms with Crippen LogP contribution in [0.15, 0.2) is 0 Å². The van der Waals surface area contributed by atoms with E-state index in [2.05, 4.69) is 0 Å². The molecule has 2 aliphatic rings. The molecule has 2 atom stereocenters. The summed E-state index contributed by atoms with van der Waals surface area (Å²) in [5.74, 6) is 3.37. The van der Waals surface area contributed by atoms with Crippen LogP contribution in [0.5, 0.6) is 0 Å². The van der Waals surface area contributed by atoms with Crippen molar-refractivity contribution >= 4 is 29.3 Å². The second kappa shape index (κ2) is 7.04. The number of halogens is 1. The highest BCUT2D eigenvalue weighted by Gasteiger charge is 2.30. The Hall–Kier alpha value is 0.110. The summed E-state index contributed by atoms with van der Waals surface area (Å²) in [6.07, 6.45) is 7.72. The zero-order valence-corrected chi connectivity index (χ0v) is 12.8. The van der Waals surface area contributed by atoms with Crippen molar-refractivity contribution in [3.63, 3.8) is 0 Å². The summed E-state index contributed by atoms with van der Waals surface area (Å²) >= 11 is 8.38. The minimum absolute atomic E-state index is 0.162. The third-order valence-electron chi connectivity index (χ3n) is 4.34. The predicted molar refractivity (Wildman–Crippen MR) is 79.3 cm³/mol. The molecule has 0 aromatic heterocycles. The molecule has 1 saturated heterocycles. The molecule has 0 spiro atoms. The number of amides is 1. The quantitative estimate of drug-likeness (QED) is 0.741. The van der Waals surface area contributed by atoms with Crippen LogP contribution in [0.2, 0.25) is 0 Å². The van der Waals surface area contributed by atoms with E-state index in [1.807, 2.05) is 23.7 Å². The lowest BCUT2D eigenvalue weighted by Crippen LogP contribution is -2.44. The van der Waals surface area contributed by atoms with Crippen LogP contribution < -0.4 is 0 Å². The van der Waals surface area contributed by atoms with Gasteiger partial charge >= 0.3 is 0 Å². The van der Waals surface area contributed by atoms with Crippen molar-refractivity contribution in [3.05, 3.63) is 0 Å². The summed E-state index contributed by atoms with van der Waals surface area (Å²) in [6, 6.07) is 0.269. The Kier molecular flexibility index (Phi) is 5.68. The molecule has 1 aliphatic carbocycles. The number of thioether (sulfide) groups is 1. The fourth-order valence-electron chi connectivity index (χ4n) is 3.03. The number of nitrogens with zero attached hydrogens (tertiary/aromatic N) is 1. The minimum Gasteiger partial charge on any atom is -0.341 e. The van der Waals surface area contributed by atoms with Crippen molar-refractivity contribution in [1.29, 1.82) is 0 Å². The highest BCUT2D eigenvalue weighted by molar-refractivity contribution is 7.99. The fraction of sp³-hybridized carbons (Fsp3) is 0.929. The molecule has 2 nitrogen and oxygen atoms in total. The van der Waals surface area contributed by atoms with E-state index < -0.39 is 0 Å². The van der Waals surface area contributed by atoms with E-state index in [1.165, 1.54) is 37.2 Å². The van der Waals surface area contributed by atoms with E-state index >= 15 is 0 Å². The maximum Gasteiger partial charge on any atom is 0.222 e. The molecule has 1 aliphatic heterocycles. The van der Waals surface area contributed by atoms with Crippen molar-refractivity contribution in [2.45, 2.75) is 56.4 Å². The maximum absolute atomic E-state index is 12.3. The second-order valence-electron chi connectivity index (χ2n) is 5.63. The van der Waals surface area contributed by atoms with Gasteiger partial charge in [-0.25, -0.2) is 0 Å². The van der Waals surface area contributed by atoms with Gasteiger partial charge in [0.15, 0.2) is 0 Å². The Morgan fingerprint density at radius 1 is 1.22 bits per heavy atom. The highest BCUT2D eigenvalue weighted by atomic mass is 35.5. The van der Waals surface area contributed by atoms with Gasteiger partial charge in [-0.15, -0.1) is 11.6 Å². The molecule has 0 aromatic carbocycles. The Labute approximate surface area is 120 Å². The van der Waals surface area contributed by atoms with Crippen LogP contribution in [0.1, 0.15) is 44.9 Å². The van der Waals surface area contributed by atoms with E-state index in [9.17, 15) is 4.79 Å². The van der Waals surface area contributed by atoms with E-state index in [4.69, 9.17) is 11.6 Å². The first-order valence-electron chi connectivity index (χ1n) is 7.16. The standard InChI is InChI=1S/C14H24ClNOS/c1-16(13-5-3-2-4-12(13)15)14(17)10-11-6-8-18-9-7-11/h11-13H,2-10H2,1H3. The zero-order valence-electron chi connectivity index (χ0n) is 11.2. The molecule has 0 bridgehead atoms.